The van der Waals surface area contributed by atoms with Gasteiger partial charge in [-0.15, -0.1) is 0 Å². The van der Waals surface area contributed by atoms with Gasteiger partial charge in [-0.25, -0.2) is 4.68 Å². The topological polar surface area (TPSA) is 46.9 Å². The molecule has 4 nitrogen and oxygen atoms in total. The number of nitrogens with one attached hydrogen (secondary N) is 1. The van der Waals surface area contributed by atoms with Gasteiger partial charge in [-0.05, 0) is 67.6 Å². The van der Waals surface area contributed by atoms with E-state index in [9.17, 15) is 4.79 Å². The normalized spacial score (nSPS) is 19.9. The largest absolute Gasteiger partial charge is 0.321 e. The van der Waals surface area contributed by atoms with Gasteiger partial charge in [0.25, 0.3) is 5.91 Å². The summed E-state index contributed by atoms with van der Waals surface area (Å²) in [4.78, 5) is 13.0. The number of aromatic nitrogens is 2. The number of carbonyl (C=O) groups excluding carboxylic acids is 1. The molecule has 27 heavy (non-hydrogen) atoms. The Morgan fingerprint density at radius 3 is 2.59 bits per heavy atom. The summed E-state index contributed by atoms with van der Waals surface area (Å²) in [6.07, 6.45) is 3.39. The second-order valence-electron chi connectivity index (χ2n) is 7.21. The van der Waals surface area contributed by atoms with Crippen molar-refractivity contribution in [3.8, 4) is 5.69 Å². The van der Waals surface area contributed by atoms with E-state index >= 15 is 0 Å². The second-order valence-corrected chi connectivity index (χ2v) is 8.08. The van der Waals surface area contributed by atoms with Gasteiger partial charge >= 0.3 is 0 Å². The number of fused-ring (bicyclic) bond motifs is 5. The van der Waals surface area contributed by atoms with Crippen LogP contribution in [0.3, 0.4) is 0 Å². The number of hydrogen-bond acceptors (Lipinski definition) is 2. The van der Waals surface area contributed by atoms with Crippen molar-refractivity contribution in [3.63, 3.8) is 0 Å². The second kappa shape index (κ2) is 6.39. The van der Waals surface area contributed by atoms with Crippen LogP contribution < -0.4 is 5.32 Å². The molecule has 2 aromatic carbocycles. The van der Waals surface area contributed by atoms with Crippen molar-refractivity contribution in [1.29, 1.82) is 0 Å². The summed E-state index contributed by atoms with van der Waals surface area (Å²) in [7, 11) is 0. The fraction of sp³-hybridized carbons (Fsp3) is 0.238. The molecule has 1 N–H and O–H groups in total. The van der Waals surface area contributed by atoms with Crippen LogP contribution in [0.2, 0.25) is 10.0 Å². The molecule has 5 rings (SSSR count). The number of amides is 1. The number of rotatable bonds is 3. The SMILES string of the molecule is O=C(Nc1cccc(Cl)c1)c1nn(-c2ccc(Cl)cc2)c2c1[C@H]1CC[C@H]2C1. The summed E-state index contributed by atoms with van der Waals surface area (Å²) in [5, 5.41) is 8.93. The summed E-state index contributed by atoms with van der Waals surface area (Å²) in [6, 6.07) is 14.8. The summed E-state index contributed by atoms with van der Waals surface area (Å²) in [6.45, 7) is 0. The fourth-order valence-corrected chi connectivity index (χ4v) is 4.75. The minimum absolute atomic E-state index is 0.186. The first kappa shape index (κ1) is 16.8. The zero-order chi connectivity index (χ0) is 18.5. The molecule has 6 heteroatoms. The molecule has 1 amide bonds. The number of carbonyl (C=O) groups is 1. The Bertz CT molecular complexity index is 1040. The molecule has 2 atom stereocenters. The van der Waals surface area contributed by atoms with Gasteiger partial charge in [0.2, 0.25) is 0 Å². The first-order chi connectivity index (χ1) is 13.1. The third-order valence-corrected chi connectivity index (χ3v) is 6.04. The van der Waals surface area contributed by atoms with Crippen LogP contribution in [0, 0.1) is 0 Å². The maximum absolute atomic E-state index is 13.0. The lowest BCUT2D eigenvalue weighted by Gasteiger charge is -2.14. The minimum Gasteiger partial charge on any atom is -0.321 e. The highest BCUT2D eigenvalue weighted by Gasteiger charge is 2.44. The van der Waals surface area contributed by atoms with E-state index in [-0.39, 0.29) is 5.91 Å². The molecule has 0 saturated heterocycles. The Morgan fingerprint density at radius 2 is 1.81 bits per heavy atom. The van der Waals surface area contributed by atoms with Gasteiger partial charge < -0.3 is 5.32 Å². The van der Waals surface area contributed by atoms with Gasteiger partial charge in [-0.2, -0.15) is 5.10 Å². The van der Waals surface area contributed by atoms with E-state index in [1.54, 1.807) is 12.1 Å². The molecule has 0 aliphatic heterocycles. The Balaban J connectivity index is 1.57. The average Bonchev–Trinajstić information content (AvgIpc) is 3.35. The third-order valence-electron chi connectivity index (χ3n) is 5.56. The quantitative estimate of drug-likeness (QED) is 0.607. The molecule has 0 radical (unpaired) electrons. The first-order valence-corrected chi connectivity index (χ1v) is 9.81. The molecule has 1 aromatic heterocycles. The third kappa shape index (κ3) is 2.84. The van der Waals surface area contributed by atoms with Crippen LogP contribution in [-0.2, 0) is 0 Å². The zero-order valence-electron chi connectivity index (χ0n) is 14.5. The summed E-state index contributed by atoms with van der Waals surface area (Å²) >= 11 is 12.1. The van der Waals surface area contributed by atoms with Gasteiger partial charge in [0.15, 0.2) is 5.69 Å². The molecule has 2 aliphatic rings. The van der Waals surface area contributed by atoms with Crippen molar-refractivity contribution in [1.82, 2.24) is 9.78 Å². The molecule has 1 heterocycles. The number of benzene rings is 2. The predicted octanol–water partition coefficient (Wildman–Crippen LogP) is 5.80. The predicted molar refractivity (Wildman–Crippen MR) is 107 cm³/mol. The lowest BCUT2D eigenvalue weighted by atomic mass is 9.95. The summed E-state index contributed by atoms with van der Waals surface area (Å²) in [5.41, 5.74) is 4.42. The van der Waals surface area contributed by atoms with Crippen LogP contribution in [0.25, 0.3) is 5.69 Å². The van der Waals surface area contributed by atoms with E-state index in [4.69, 9.17) is 28.3 Å². The van der Waals surface area contributed by atoms with E-state index in [0.29, 0.717) is 33.3 Å². The molecule has 136 valence electrons. The monoisotopic (exact) mass is 397 g/mol. The minimum atomic E-state index is -0.186. The van der Waals surface area contributed by atoms with E-state index < -0.39 is 0 Å². The zero-order valence-corrected chi connectivity index (χ0v) is 16.0. The molecule has 1 saturated carbocycles. The van der Waals surface area contributed by atoms with Crippen molar-refractivity contribution in [2.75, 3.05) is 5.32 Å². The summed E-state index contributed by atoms with van der Waals surface area (Å²) in [5.74, 6) is 0.709. The molecule has 2 bridgehead atoms. The van der Waals surface area contributed by atoms with Crippen LogP contribution in [-0.4, -0.2) is 15.7 Å². The van der Waals surface area contributed by atoms with Gasteiger partial charge in [-0.3, -0.25) is 4.79 Å². The number of halogens is 2. The lowest BCUT2D eigenvalue weighted by Crippen LogP contribution is -2.15. The van der Waals surface area contributed by atoms with Crippen molar-refractivity contribution in [2.45, 2.75) is 31.1 Å². The van der Waals surface area contributed by atoms with Crippen LogP contribution in [0.15, 0.2) is 48.5 Å². The van der Waals surface area contributed by atoms with Crippen LogP contribution in [0.4, 0.5) is 5.69 Å². The highest BCUT2D eigenvalue weighted by Crippen LogP contribution is 2.54. The number of anilines is 1. The van der Waals surface area contributed by atoms with Crippen molar-refractivity contribution < 1.29 is 4.79 Å². The smallest absolute Gasteiger partial charge is 0.276 e. The Hall–Kier alpha value is -2.30. The Labute approximate surface area is 167 Å². The van der Waals surface area contributed by atoms with Crippen LogP contribution in [0.1, 0.15) is 52.8 Å². The molecule has 0 unspecified atom stereocenters. The number of nitrogens with zero attached hydrogens (tertiary/aromatic N) is 2. The van der Waals surface area contributed by atoms with E-state index in [0.717, 1.165) is 30.5 Å². The Morgan fingerprint density at radius 1 is 1.04 bits per heavy atom. The maximum Gasteiger partial charge on any atom is 0.276 e. The summed E-state index contributed by atoms with van der Waals surface area (Å²) < 4.78 is 1.93. The van der Waals surface area contributed by atoms with Gasteiger partial charge in [-0.1, -0.05) is 29.3 Å². The van der Waals surface area contributed by atoms with E-state index in [1.807, 2.05) is 41.1 Å². The maximum atomic E-state index is 13.0. The first-order valence-electron chi connectivity index (χ1n) is 9.06. The molecule has 1 fully saturated rings. The lowest BCUT2D eigenvalue weighted by molar-refractivity contribution is 0.102. The number of hydrogen-bond donors (Lipinski definition) is 1. The van der Waals surface area contributed by atoms with Crippen molar-refractivity contribution >= 4 is 34.8 Å². The molecule has 0 spiro atoms. The Kier molecular flexibility index (Phi) is 3.99. The molecular formula is C21H17Cl2N3O. The average molecular weight is 398 g/mol. The van der Waals surface area contributed by atoms with Crippen LogP contribution in [0.5, 0.6) is 0 Å². The van der Waals surface area contributed by atoms with Crippen LogP contribution >= 0.6 is 23.2 Å². The van der Waals surface area contributed by atoms with E-state index in [1.165, 1.54) is 5.69 Å². The molecular weight excluding hydrogens is 381 g/mol. The highest BCUT2D eigenvalue weighted by molar-refractivity contribution is 6.31. The van der Waals surface area contributed by atoms with Gasteiger partial charge in [0, 0.05) is 27.2 Å². The molecule has 3 aromatic rings. The standard InChI is InChI=1S/C21H17Cl2N3O/c22-14-6-8-17(9-7-14)26-20-13-5-4-12(10-13)18(20)19(25-26)21(27)24-16-3-1-2-15(23)11-16/h1-3,6-9,11-13H,4-5,10H2,(H,24,27)/t12-,13-/m0/s1. The van der Waals surface area contributed by atoms with Gasteiger partial charge in [0.05, 0.1) is 11.4 Å². The van der Waals surface area contributed by atoms with Gasteiger partial charge in [0.1, 0.15) is 0 Å². The van der Waals surface area contributed by atoms with Crippen molar-refractivity contribution in [2.24, 2.45) is 0 Å². The highest BCUT2D eigenvalue weighted by atomic mass is 35.5. The molecule has 2 aliphatic carbocycles. The fourth-order valence-electron chi connectivity index (χ4n) is 4.43. The van der Waals surface area contributed by atoms with Crippen molar-refractivity contribution in [3.05, 3.63) is 75.5 Å². The van der Waals surface area contributed by atoms with E-state index in [2.05, 4.69) is 5.32 Å².